The zero-order valence-electron chi connectivity index (χ0n) is 15.2. The highest BCUT2D eigenvalue weighted by Gasteiger charge is 2.01. The van der Waals surface area contributed by atoms with Gasteiger partial charge in [-0.3, -0.25) is 0 Å². The Labute approximate surface area is 138 Å². The maximum Gasteiger partial charge on any atom is 0.333 e. The third kappa shape index (κ3) is 15.6. The van der Waals surface area contributed by atoms with Crippen molar-refractivity contribution >= 4 is 5.97 Å². The highest BCUT2D eigenvalue weighted by atomic mass is 16.5. The Hall–Kier alpha value is -0.830. The first-order valence-corrected chi connectivity index (χ1v) is 9.01. The summed E-state index contributed by atoms with van der Waals surface area (Å²) in [6.45, 7) is 7.02. The molecule has 0 atom stereocenters. The molecule has 0 aromatic carbocycles. The first-order chi connectivity index (χ1) is 10.5. The van der Waals surface area contributed by atoms with Gasteiger partial charge in [-0.1, -0.05) is 64.4 Å². The predicted molar refractivity (Wildman–Crippen MR) is 95.1 cm³/mol. The fraction of sp³-hybridized carbons (Fsp3) is 0.842. The lowest BCUT2D eigenvalue weighted by molar-refractivity contribution is -0.139. The van der Waals surface area contributed by atoms with Crippen molar-refractivity contribution in [2.45, 2.75) is 77.6 Å². The number of ether oxygens (including phenoxy) is 1. The van der Waals surface area contributed by atoms with Gasteiger partial charge in [0, 0.05) is 5.57 Å². The monoisotopic (exact) mass is 311 g/mol. The predicted octanol–water partition coefficient (Wildman–Crippen LogP) is 4.96. The maximum atomic E-state index is 11.2. The molecule has 3 nitrogen and oxygen atoms in total. The number of esters is 1. The van der Waals surface area contributed by atoms with Crippen LogP contribution >= 0.6 is 0 Å². The molecule has 0 aliphatic rings. The number of hydrogen-bond donors (Lipinski definition) is 0. The molecule has 0 saturated heterocycles. The van der Waals surface area contributed by atoms with Crippen molar-refractivity contribution in [3.63, 3.8) is 0 Å². The minimum Gasteiger partial charge on any atom is -0.462 e. The molecule has 0 amide bonds. The van der Waals surface area contributed by atoms with E-state index in [1.807, 2.05) is 0 Å². The molecule has 0 aliphatic heterocycles. The molecule has 0 rings (SSSR count). The fourth-order valence-electron chi connectivity index (χ4n) is 2.41. The summed E-state index contributed by atoms with van der Waals surface area (Å²) in [4.78, 5) is 13.4. The summed E-state index contributed by atoms with van der Waals surface area (Å²) in [5.74, 6) is -0.259. The minimum atomic E-state index is -0.259. The Morgan fingerprint density at radius 2 is 1.23 bits per heavy atom. The van der Waals surface area contributed by atoms with Gasteiger partial charge in [0.1, 0.15) is 0 Å². The van der Waals surface area contributed by atoms with Gasteiger partial charge in [0.2, 0.25) is 0 Å². The first-order valence-electron chi connectivity index (χ1n) is 9.01. The van der Waals surface area contributed by atoms with E-state index in [1.54, 1.807) is 6.92 Å². The average Bonchev–Trinajstić information content (AvgIpc) is 2.46. The lowest BCUT2D eigenvalue weighted by atomic mass is 10.1. The number of unbranched alkanes of at least 4 members (excludes halogenated alkanes) is 10. The largest absolute Gasteiger partial charge is 0.462 e. The molecule has 0 bridgehead atoms. The zero-order valence-corrected chi connectivity index (χ0v) is 15.2. The molecule has 22 heavy (non-hydrogen) atoms. The molecule has 0 aromatic rings. The Morgan fingerprint density at radius 1 is 0.818 bits per heavy atom. The first kappa shape index (κ1) is 21.2. The van der Waals surface area contributed by atoms with Gasteiger partial charge >= 0.3 is 5.97 Å². The number of nitrogens with zero attached hydrogens (tertiary/aromatic N) is 1. The molecule has 0 fully saturated rings. The molecule has 0 aliphatic carbocycles. The number of carbonyl (C=O) groups is 1. The van der Waals surface area contributed by atoms with E-state index in [4.69, 9.17) is 4.74 Å². The molecule has 3 heteroatoms. The van der Waals surface area contributed by atoms with Crippen LogP contribution in [-0.2, 0) is 9.53 Å². The van der Waals surface area contributed by atoms with Crippen LogP contribution in [0.1, 0.15) is 77.6 Å². The summed E-state index contributed by atoms with van der Waals surface area (Å²) >= 11 is 0. The maximum absolute atomic E-state index is 11.2. The van der Waals surface area contributed by atoms with Crippen LogP contribution in [-0.4, -0.2) is 38.1 Å². The molecule has 0 N–H and O–H groups in total. The summed E-state index contributed by atoms with van der Waals surface area (Å²) in [6, 6.07) is 0. The Morgan fingerprint density at radius 3 is 1.64 bits per heavy atom. The fourth-order valence-corrected chi connectivity index (χ4v) is 2.41. The van der Waals surface area contributed by atoms with E-state index in [9.17, 15) is 4.79 Å². The molecular formula is C19H37NO2. The van der Waals surface area contributed by atoms with Crippen molar-refractivity contribution in [2.75, 3.05) is 27.2 Å². The van der Waals surface area contributed by atoms with Crippen LogP contribution in [0.5, 0.6) is 0 Å². The van der Waals surface area contributed by atoms with Gasteiger partial charge in [-0.25, -0.2) is 4.79 Å². The molecule has 130 valence electrons. The highest BCUT2D eigenvalue weighted by Crippen LogP contribution is 2.11. The lowest BCUT2D eigenvalue weighted by Crippen LogP contribution is -2.12. The SMILES string of the molecule is C=C(C)C(=O)OCCCCCCCCCCCCCN(C)C. The van der Waals surface area contributed by atoms with Crippen molar-refractivity contribution in [1.29, 1.82) is 0 Å². The Bertz CT molecular complexity index is 287. The quantitative estimate of drug-likeness (QED) is 0.243. The van der Waals surface area contributed by atoms with Crippen molar-refractivity contribution in [3.05, 3.63) is 12.2 Å². The van der Waals surface area contributed by atoms with Crippen molar-refractivity contribution < 1.29 is 9.53 Å². The summed E-state index contributed by atoms with van der Waals surface area (Å²) in [6.07, 6.45) is 14.3. The smallest absolute Gasteiger partial charge is 0.333 e. The molecule has 0 unspecified atom stereocenters. The topological polar surface area (TPSA) is 29.5 Å². The van der Waals surface area contributed by atoms with Crippen molar-refractivity contribution in [2.24, 2.45) is 0 Å². The van der Waals surface area contributed by atoms with Gasteiger partial charge in [-0.05, 0) is 40.4 Å². The zero-order chi connectivity index (χ0) is 16.6. The van der Waals surface area contributed by atoms with Crippen LogP contribution in [0.2, 0.25) is 0 Å². The van der Waals surface area contributed by atoms with Crippen LogP contribution in [0.25, 0.3) is 0 Å². The highest BCUT2D eigenvalue weighted by molar-refractivity contribution is 5.86. The molecular weight excluding hydrogens is 274 g/mol. The van der Waals surface area contributed by atoms with Crippen LogP contribution in [0.15, 0.2) is 12.2 Å². The van der Waals surface area contributed by atoms with E-state index in [2.05, 4.69) is 25.6 Å². The lowest BCUT2D eigenvalue weighted by Gasteiger charge is -2.08. The summed E-state index contributed by atoms with van der Waals surface area (Å²) in [5.41, 5.74) is 0.488. The van der Waals surface area contributed by atoms with E-state index in [0.717, 1.165) is 12.8 Å². The number of hydrogen-bond acceptors (Lipinski definition) is 3. The molecule has 0 aromatic heterocycles. The minimum absolute atomic E-state index is 0.259. The molecule has 0 spiro atoms. The number of carbonyl (C=O) groups excluding carboxylic acids is 1. The Kier molecular flexibility index (Phi) is 14.5. The summed E-state index contributed by atoms with van der Waals surface area (Å²) in [7, 11) is 4.29. The van der Waals surface area contributed by atoms with Gasteiger partial charge < -0.3 is 9.64 Å². The van der Waals surface area contributed by atoms with E-state index < -0.39 is 0 Å². The Balaban J connectivity index is 3.08. The van der Waals surface area contributed by atoms with Crippen molar-refractivity contribution in [1.82, 2.24) is 4.90 Å². The molecule has 0 saturated carbocycles. The summed E-state index contributed by atoms with van der Waals surface area (Å²) < 4.78 is 5.07. The second kappa shape index (κ2) is 15.1. The standard InChI is InChI=1S/C19H37NO2/c1-18(2)19(21)22-17-15-13-11-9-7-5-6-8-10-12-14-16-20(3)4/h1,5-17H2,2-4H3. The average molecular weight is 312 g/mol. The van der Waals surface area contributed by atoms with Crippen LogP contribution in [0.4, 0.5) is 0 Å². The van der Waals surface area contributed by atoms with Gasteiger partial charge in [0.15, 0.2) is 0 Å². The molecule has 0 heterocycles. The van der Waals surface area contributed by atoms with Crippen molar-refractivity contribution in [3.8, 4) is 0 Å². The third-order valence-corrected chi connectivity index (χ3v) is 3.83. The van der Waals surface area contributed by atoms with Crippen LogP contribution in [0, 0.1) is 0 Å². The van der Waals surface area contributed by atoms with Crippen LogP contribution < -0.4 is 0 Å². The second-order valence-corrected chi connectivity index (χ2v) is 6.61. The normalized spacial score (nSPS) is 10.9. The van der Waals surface area contributed by atoms with E-state index in [1.165, 1.54) is 64.3 Å². The summed E-state index contributed by atoms with van der Waals surface area (Å²) in [5, 5.41) is 0. The van der Waals surface area contributed by atoms with E-state index >= 15 is 0 Å². The van der Waals surface area contributed by atoms with Crippen LogP contribution in [0.3, 0.4) is 0 Å². The number of rotatable bonds is 15. The van der Waals surface area contributed by atoms with E-state index in [0.29, 0.717) is 12.2 Å². The van der Waals surface area contributed by atoms with Gasteiger partial charge in [0.05, 0.1) is 6.61 Å². The molecule has 0 radical (unpaired) electrons. The van der Waals surface area contributed by atoms with Gasteiger partial charge in [0.25, 0.3) is 0 Å². The second-order valence-electron chi connectivity index (χ2n) is 6.61. The van der Waals surface area contributed by atoms with Gasteiger partial charge in [-0.2, -0.15) is 0 Å². The van der Waals surface area contributed by atoms with E-state index in [-0.39, 0.29) is 5.97 Å². The van der Waals surface area contributed by atoms with Gasteiger partial charge in [-0.15, -0.1) is 0 Å². The third-order valence-electron chi connectivity index (χ3n) is 3.83.